The number of nitrogens with zero attached hydrogens (tertiary/aromatic N) is 1. The number of H-pyrrole nitrogens is 1. The lowest BCUT2D eigenvalue weighted by molar-refractivity contribution is 0.693. The van der Waals surface area contributed by atoms with Gasteiger partial charge in [0.1, 0.15) is 0 Å². The van der Waals surface area contributed by atoms with Gasteiger partial charge in [-0.05, 0) is 12.2 Å². The summed E-state index contributed by atoms with van der Waals surface area (Å²) in [7, 11) is -1.11. The van der Waals surface area contributed by atoms with E-state index in [2.05, 4.69) is 10.2 Å². The maximum absolute atomic E-state index is 11.1. The monoisotopic (exact) mass is 194 g/mol. The Balaban J connectivity index is 2.66. The second kappa shape index (κ2) is 3.10. The standard InChI is InChI=1S/C8H6N2O2S/c11-8-5-6-1-3-13(12)4-2-7(6)9-10-8/h1-5H,(H,10,11). The molecule has 4 nitrogen and oxygen atoms in total. The summed E-state index contributed by atoms with van der Waals surface area (Å²) in [6.45, 7) is 0. The van der Waals surface area contributed by atoms with Crippen LogP contribution in [0.3, 0.4) is 0 Å². The summed E-state index contributed by atoms with van der Waals surface area (Å²) in [6.07, 6.45) is 3.26. The third-order valence-electron chi connectivity index (χ3n) is 1.61. The molecule has 0 spiro atoms. The molecule has 0 bridgehead atoms. The summed E-state index contributed by atoms with van der Waals surface area (Å²) < 4.78 is 11.1. The number of aromatic amines is 1. The molecule has 13 heavy (non-hydrogen) atoms. The zero-order valence-corrected chi connectivity index (χ0v) is 7.38. The van der Waals surface area contributed by atoms with Gasteiger partial charge in [-0.15, -0.1) is 0 Å². The van der Waals surface area contributed by atoms with Gasteiger partial charge in [0.05, 0.1) is 16.5 Å². The molecule has 2 rings (SSSR count). The number of hydrogen-bond donors (Lipinski definition) is 1. The van der Waals surface area contributed by atoms with Crippen LogP contribution in [-0.4, -0.2) is 14.4 Å². The second-order valence-electron chi connectivity index (χ2n) is 2.51. The summed E-state index contributed by atoms with van der Waals surface area (Å²) in [5.41, 5.74) is 1.05. The molecule has 0 aromatic carbocycles. The molecule has 1 N–H and O–H groups in total. The van der Waals surface area contributed by atoms with Gasteiger partial charge in [0.2, 0.25) is 0 Å². The maximum atomic E-state index is 11.1. The zero-order valence-electron chi connectivity index (χ0n) is 6.56. The van der Waals surface area contributed by atoms with Gasteiger partial charge in [0.25, 0.3) is 5.56 Å². The first-order chi connectivity index (χ1) is 6.25. The Morgan fingerprint density at radius 1 is 1.31 bits per heavy atom. The van der Waals surface area contributed by atoms with E-state index in [1.807, 2.05) is 0 Å². The lowest BCUT2D eigenvalue weighted by atomic mass is 10.2. The SMILES string of the molecule is O=c1cc2c(n[nH]1)C=CS(=O)C=C2. The fourth-order valence-corrected chi connectivity index (χ4v) is 1.65. The molecule has 0 saturated heterocycles. The van der Waals surface area contributed by atoms with Crippen molar-refractivity contribution in [1.82, 2.24) is 10.2 Å². The quantitative estimate of drug-likeness (QED) is 0.653. The van der Waals surface area contributed by atoms with Crippen molar-refractivity contribution in [2.45, 2.75) is 0 Å². The maximum Gasteiger partial charge on any atom is 0.264 e. The minimum atomic E-state index is -1.11. The summed E-state index contributed by atoms with van der Waals surface area (Å²) >= 11 is 0. The molecule has 1 atom stereocenters. The highest BCUT2D eigenvalue weighted by Gasteiger charge is 2.02. The Kier molecular flexibility index (Phi) is 1.94. The molecule has 1 aliphatic heterocycles. The lowest BCUT2D eigenvalue weighted by Gasteiger charge is -1.94. The van der Waals surface area contributed by atoms with Crippen molar-refractivity contribution >= 4 is 23.0 Å². The van der Waals surface area contributed by atoms with Gasteiger partial charge in [-0.25, -0.2) is 5.10 Å². The van der Waals surface area contributed by atoms with E-state index < -0.39 is 10.8 Å². The minimum Gasteiger partial charge on any atom is -0.268 e. The molecule has 5 heteroatoms. The van der Waals surface area contributed by atoms with Gasteiger partial charge >= 0.3 is 0 Å². The van der Waals surface area contributed by atoms with Crippen LogP contribution >= 0.6 is 0 Å². The highest BCUT2D eigenvalue weighted by atomic mass is 32.2. The summed E-state index contributed by atoms with van der Waals surface area (Å²) in [5, 5.41) is 9.15. The number of rotatable bonds is 0. The lowest BCUT2D eigenvalue weighted by Crippen LogP contribution is -2.08. The fourth-order valence-electron chi connectivity index (χ4n) is 1.01. The number of hydrogen-bond acceptors (Lipinski definition) is 3. The summed E-state index contributed by atoms with van der Waals surface area (Å²) in [6, 6.07) is 1.42. The molecule has 66 valence electrons. The van der Waals surface area contributed by atoms with Crippen LogP contribution in [0.2, 0.25) is 0 Å². The third-order valence-corrected chi connectivity index (χ3v) is 2.42. The third kappa shape index (κ3) is 1.65. The van der Waals surface area contributed by atoms with Gasteiger partial charge in [-0.3, -0.25) is 9.00 Å². The van der Waals surface area contributed by atoms with Gasteiger partial charge in [0.15, 0.2) is 0 Å². The van der Waals surface area contributed by atoms with Crippen LogP contribution in [0.15, 0.2) is 21.7 Å². The predicted molar refractivity (Wildman–Crippen MR) is 51.1 cm³/mol. The van der Waals surface area contributed by atoms with Crippen LogP contribution in [0.1, 0.15) is 11.3 Å². The first-order valence-corrected chi connectivity index (χ1v) is 4.89. The molecule has 0 saturated carbocycles. The van der Waals surface area contributed by atoms with Crippen molar-refractivity contribution in [2.75, 3.05) is 0 Å². The Morgan fingerprint density at radius 3 is 2.92 bits per heavy atom. The van der Waals surface area contributed by atoms with Crippen molar-refractivity contribution in [1.29, 1.82) is 0 Å². The Labute approximate surface area is 76.4 Å². The Morgan fingerprint density at radius 2 is 2.08 bits per heavy atom. The molecule has 0 radical (unpaired) electrons. The van der Waals surface area contributed by atoms with E-state index in [4.69, 9.17) is 0 Å². The van der Waals surface area contributed by atoms with E-state index in [0.29, 0.717) is 11.3 Å². The van der Waals surface area contributed by atoms with Crippen LogP contribution in [0, 0.1) is 0 Å². The van der Waals surface area contributed by atoms with Gasteiger partial charge < -0.3 is 0 Å². The number of aromatic nitrogens is 2. The van der Waals surface area contributed by atoms with E-state index in [1.54, 1.807) is 12.2 Å². The smallest absolute Gasteiger partial charge is 0.264 e. The molecular formula is C8H6N2O2S. The van der Waals surface area contributed by atoms with E-state index in [-0.39, 0.29) is 5.56 Å². The first kappa shape index (κ1) is 8.12. The van der Waals surface area contributed by atoms with Crippen LogP contribution in [0.5, 0.6) is 0 Å². The summed E-state index contributed by atoms with van der Waals surface area (Å²) in [4.78, 5) is 10.9. The van der Waals surface area contributed by atoms with Crippen molar-refractivity contribution in [3.05, 3.63) is 38.5 Å². The van der Waals surface area contributed by atoms with Gasteiger partial charge in [-0.2, -0.15) is 5.10 Å². The number of fused-ring (bicyclic) bond motifs is 1. The van der Waals surface area contributed by atoms with Crippen molar-refractivity contribution in [3.63, 3.8) is 0 Å². The van der Waals surface area contributed by atoms with Crippen LogP contribution < -0.4 is 5.56 Å². The normalized spacial score (nSPS) is 19.5. The molecule has 2 heterocycles. The van der Waals surface area contributed by atoms with Crippen LogP contribution in [0.4, 0.5) is 0 Å². The first-order valence-electron chi connectivity index (χ1n) is 3.61. The topological polar surface area (TPSA) is 62.8 Å². The Hall–Kier alpha value is -1.49. The van der Waals surface area contributed by atoms with Crippen LogP contribution in [0.25, 0.3) is 12.2 Å². The summed E-state index contributed by atoms with van der Waals surface area (Å²) in [5.74, 6) is 0. The predicted octanol–water partition coefficient (Wildman–Crippen LogP) is 0.474. The van der Waals surface area contributed by atoms with Crippen molar-refractivity contribution < 1.29 is 4.21 Å². The van der Waals surface area contributed by atoms with E-state index >= 15 is 0 Å². The molecule has 1 aromatic rings. The highest BCUT2D eigenvalue weighted by molar-refractivity contribution is 7.91. The molecule has 1 unspecified atom stereocenters. The van der Waals surface area contributed by atoms with Crippen LogP contribution in [-0.2, 0) is 10.8 Å². The molecule has 0 aliphatic carbocycles. The molecule has 1 aliphatic rings. The minimum absolute atomic E-state index is 0.260. The van der Waals surface area contributed by atoms with E-state index in [9.17, 15) is 9.00 Å². The largest absolute Gasteiger partial charge is 0.268 e. The second-order valence-corrected chi connectivity index (χ2v) is 3.71. The average molecular weight is 194 g/mol. The Bertz CT molecular complexity index is 473. The molecule has 0 fully saturated rings. The van der Waals surface area contributed by atoms with Crippen molar-refractivity contribution in [2.24, 2.45) is 0 Å². The molecule has 1 aromatic heterocycles. The van der Waals surface area contributed by atoms with Crippen molar-refractivity contribution in [3.8, 4) is 0 Å². The fraction of sp³-hybridized carbons (Fsp3) is 0. The molecular weight excluding hydrogens is 188 g/mol. The average Bonchev–Trinajstić information content (AvgIpc) is 2.29. The van der Waals surface area contributed by atoms with Gasteiger partial charge in [0, 0.05) is 22.4 Å². The van der Waals surface area contributed by atoms with E-state index in [0.717, 1.165) is 0 Å². The van der Waals surface area contributed by atoms with E-state index in [1.165, 1.54) is 16.9 Å². The molecule has 0 amide bonds. The number of nitrogens with one attached hydrogen (secondary N) is 1. The zero-order chi connectivity index (χ0) is 9.26. The van der Waals surface area contributed by atoms with Gasteiger partial charge in [-0.1, -0.05) is 0 Å². The highest BCUT2D eigenvalue weighted by Crippen LogP contribution is 2.11.